The van der Waals surface area contributed by atoms with E-state index in [4.69, 9.17) is 10.5 Å². The molecule has 210 valence electrons. The molecule has 4 unspecified atom stereocenters. The molecule has 39 heavy (non-hydrogen) atoms. The molecule has 1 saturated carbocycles. The van der Waals surface area contributed by atoms with Crippen molar-refractivity contribution in [3.8, 4) is 0 Å². The van der Waals surface area contributed by atoms with Crippen LogP contribution in [0.25, 0.3) is 0 Å². The van der Waals surface area contributed by atoms with Crippen molar-refractivity contribution in [3.05, 3.63) is 71.8 Å². The molecule has 4 atom stereocenters. The molecule has 0 aromatic heterocycles. The van der Waals surface area contributed by atoms with Crippen molar-refractivity contribution in [1.29, 1.82) is 0 Å². The van der Waals surface area contributed by atoms with Crippen LogP contribution < -0.4 is 27.0 Å². The smallest absolute Gasteiger partial charge is 0.321 e. The van der Waals surface area contributed by atoms with Crippen LogP contribution in [0, 0.1) is 11.8 Å². The van der Waals surface area contributed by atoms with Gasteiger partial charge >= 0.3 is 12.1 Å². The number of rotatable bonds is 10. The van der Waals surface area contributed by atoms with Crippen LogP contribution in [0.1, 0.15) is 55.7 Å². The van der Waals surface area contributed by atoms with Gasteiger partial charge in [-0.2, -0.15) is 0 Å². The summed E-state index contributed by atoms with van der Waals surface area (Å²) in [5.41, 5.74) is 8.20. The van der Waals surface area contributed by atoms with Gasteiger partial charge in [0.25, 0.3) is 0 Å². The van der Waals surface area contributed by atoms with Gasteiger partial charge in [0, 0.05) is 26.2 Å². The maximum atomic E-state index is 12.9. The molecule has 1 heterocycles. The summed E-state index contributed by atoms with van der Waals surface area (Å²) in [6.07, 6.45) is 7.00. The molecule has 2 aromatic carbocycles. The molecule has 1 aliphatic heterocycles. The molecule has 2 fully saturated rings. The van der Waals surface area contributed by atoms with E-state index in [9.17, 15) is 9.59 Å². The van der Waals surface area contributed by atoms with Crippen LogP contribution >= 0.6 is 0 Å². The predicted molar refractivity (Wildman–Crippen MR) is 153 cm³/mol. The van der Waals surface area contributed by atoms with E-state index in [-0.39, 0.29) is 30.2 Å². The minimum atomic E-state index is -0.357. The van der Waals surface area contributed by atoms with E-state index in [2.05, 4.69) is 38.4 Å². The first-order valence-electron chi connectivity index (χ1n) is 14.1. The maximum absolute atomic E-state index is 12.9. The number of hydrogen-bond acceptors (Lipinski definition) is 4. The maximum Gasteiger partial charge on any atom is 0.321 e. The number of aliphatic imine (C=N–C) groups is 1. The van der Waals surface area contributed by atoms with Gasteiger partial charge in [0.15, 0.2) is 5.96 Å². The van der Waals surface area contributed by atoms with Gasteiger partial charge in [-0.1, -0.05) is 67.1 Å². The number of carbonyl (C=O) groups excluding carboxylic acids is 2. The van der Waals surface area contributed by atoms with Gasteiger partial charge in [-0.15, -0.1) is 0 Å². The summed E-state index contributed by atoms with van der Waals surface area (Å²) >= 11 is 0. The Kier molecular flexibility index (Phi) is 11.0. The van der Waals surface area contributed by atoms with Crippen LogP contribution in [0.2, 0.25) is 0 Å². The lowest BCUT2D eigenvalue weighted by Crippen LogP contribution is -2.45. The van der Waals surface area contributed by atoms with Gasteiger partial charge in [-0.05, 0) is 61.5 Å². The first-order chi connectivity index (χ1) is 19.0. The Morgan fingerprint density at radius 2 is 1.62 bits per heavy atom. The second-order valence-electron chi connectivity index (χ2n) is 10.6. The van der Waals surface area contributed by atoms with Crippen LogP contribution in [0.15, 0.2) is 65.7 Å². The van der Waals surface area contributed by atoms with E-state index in [1.807, 2.05) is 48.5 Å². The van der Waals surface area contributed by atoms with Gasteiger partial charge < -0.3 is 26.4 Å². The molecule has 9 nitrogen and oxygen atoms in total. The molecule has 6 N–H and O–H groups in total. The van der Waals surface area contributed by atoms with Gasteiger partial charge in [0.1, 0.15) is 0 Å². The number of hydrogen-bond donors (Lipinski definition) is 5. The second-order valence-corrected chi connectivity index (χ2v) is 10.6. The molecule has 1 aliphatic carbocycles. The van der Waals surface area contributed by atoms with Gasteiger partial charge in [0.2, 0.25) is 0 Å². The van der Waals surface area contributed by atoms with E-state index in [0.29, 0.717) is 31.5 Å². The molecule has 2 aliphatic rings. The molecule has 0 radical (unpaired) electrons. The number of nitrogens with zero attached hydrogens (tertiary/aromatic N) is 1. The monoisotopic (exact) mass is 534 g/mol. The lowest BCUT2D eigenvalue weighted by molar-refractivity contribution is 0.111. The number of urea groups is 2. The van der Waals surface area contributed by atoms with Crippen molar-refractivity contribution >= 4 is 18.0 Å². The number of carbonyl (C=O) groups is 2. The number of nitrogens with one attached hydrogen (secondary N) is 4. The minimum Gasteiger partial charge on any atom is -0.376 e. The summed E-state index contributed by atoms with van der Waals surface area (Å²) < 4.78 is 5.51. The Balaban J connectivity index is 1.19. The highest BCUT2D eigenvalue weighted by Crippen LogP contribution is 2.29. The normalized spacial score (nSPS) is 22.1. The van der Waals surface area contributed by atoms with Gasteiger partial charge in [-0.25, -0.2) is 9.59 Å². The quantitative estimate of drug-likeness (QED) is 0.234. The molecular weight excluding hydrogens is 492 g/mol. The second kappa shape index (κ2) is 15.1. The fourth-order valence-electron chi connectivity index (χ4n) is 5.43. The van der Waals surface area contributed by atoms with Crippen molar-refractivity contribution in [2.24, 2.45) is 22.6 Å². The molecule has 0 bridgehead atoms. The summed E-state index contributed by atoms with van der Waals surface area (Å²) in [7, 11) is 0. The third kappa shape index (κ3) is 9.90. The topological polar surface area (TPSA) is 130 Å². The Morgan fingerprint density at radius 3 is 2.36 bits per heavy atom. The lowest BCUT2D eigenvalue weighted by Gasteiger charge is -2.29. The van der Waals surface area contributed by atoms with Crippen LogP contribution in [-0.4, -0.2) is 50.4 Å². The van der Waals surface area contributed by atoms with Crippen molar-refractivity contribution in [2.45, 2.75) is 57.1 Å². The SMILES string of the molecule is NC(=NCC1CCCC(CNC(=O)NC(Cc2ccccc2)c2ccccc2)C1)NC(=O)NCC1CCCO1. The highest BCUT2D eigenvalue weighted by atomic mass is 16.5. The Bertz CT molecular complexity index is 1060. The summed E-state index contributed by atoms with van der Waals surface area (Å²) in [5, 5.41) is 11.7. The zero-order chi connectivity index (χ0) is 27.3. The largest absolute Gasteiger partial charge is 0.376 e. The van der Waals surface area contributed by atoms with Crippen LogP contribution in [0.3, 0.4) is 0 Å². The predicted octanol–water partition coefficient (Wildman–Crippen LogP) is 3.87. The third-order valence-corrected chi connectivity index (χ3v) is 7.51. The lowest BCUT2D eigenvalue weighted by atomic mass is 9.81. The third-order valence-electron chi connectivity index (χ3n) is 7.51. The van der Waals surface area contributed by atoms with Crippen molar-refractivity contribution < 1.29 is 14.3 Å². The molecule has 1 saturated heterocycles. The number of amides is 4. The highest BCUT2D eigenvalue weighted by molar-refractivity contribution is 5.95. The first-order valence-corrected chi connectivity index (χ1v) is 14.1. The van der Waals surface area contributed by atoms with E-state index in [1.54, 1.807) is 0 Å². The molecular formula is C30H42N6O3. The van der Waals surface area contributed by atoms with Crippen molar-refractivity contribution in [3.63, 3.8) is 0 Å². The first kappa shape index (κ1) is 28.4. The number of nitrogens with two attached hydrogens (primary N) is 1. The van der Waals surface area contributed by atoms with E-state index >= 15 is 0 Å². The van der Waals surface area contributed by atoms with E-state index < -0.39 is 0 Å². The zero-order valence-electron chi connectivity index (χ0n) is 22.6. The summed E-state index contributed by atoms with van der Waals surface area (Å²) in [4.78, 5) is 29.3. The molecule has 9 heteroatoms. The average molecular weight is 535 g/mol. The molecule has 2 aromatic rings. The summed E-state index contributed by atoms with van der Waals surface area (Å²) in [6.45, 7) is 2.41. The molecule has 4 rings (SSSR count). The fraction of sp³-hybridized carbons (Fsp3) is 0.500. The van der Waals surface area contributed by atoms with Crippen LogP contribution in [0.5, 0.6) is 0 Å². The van der Waals surface area contributed by atoms with Gasteiger partial charge in [0.05, 0.1) is 12.1 Å². The Morgan fingerprint density at radius 1 is 0.897 bits per heavy atom. The summed E-state index contributed by atoms with van der Waals surface area (Å²) in [5.74, 6) is 0.891. The Hall–Kier alpha value is -3.59. The standard InChI is InChI=1S/C30H42N6O3/c31-28(36-30(38)34-21-26-15-8-16-39-26)32-19-23-11-7-12-24(17-23)20-33-29(37)35-27(25-13-5-2-6-14-25)18-22-9-3-1-4-10-22/h1-6,9-10,13-14,23-24,26-27H,7-8,11-12,15-21H2,(H2,33,35,37)(H4,31,32,34,36,38). The van der Waals surface area contributed by atoms with Crippen molar-refractivity contribution in [1.82, 2.24) is 21.3 Å². The number of guanidine groups is 1. The van der Waals surface area contributed by atoms with Crippen LogP contribution in [-0.2, 0) is 11.2 Å². The number of benzene rings is 2. The number of ether oxygens (including phenoxy) is 1. The summed E-state index contributed by atoms with van der Waals surface area (Å²) in [6, 6.07) is 19.7. The average Bonchev–Trinajstić information content (AvgIpc) is 3.49. The van der Waals surface area contributed by atoms with E-state index in [1.165, 1.54) is 5.56 Å². The molecule has 0 spiro atoms. The van der Waals surface area contributed by atoms with Crippen molar-refractivity contribution in [2.75, 3.05) is 26.2 Å². The Labute approximate surface area is 231 Å². The van der Waals surface area contributed by atoms with Crippen LogP contribution in [0.4, 0.5) is 9.59 Å². The van der Waals surface area contributed by atoms with E-state index in [0.717, 1.165) is 57.1 Å². The fourth-order valence-corrected chi connectivity index (χ4v) is 5.43. The molecule has 4 amide bonds. The van der Waals surface area contributed by atoms with Gasteiger partial charge in [-0.3, -0.25) is 10.3 Å². The zero-order valence-corrected chi connectivity index (χ0v) is 22.6. The minimum absolute atomic E-state index is 0.0804. The highest BCUT2D eigenvalue weighted by Gasteiger charge is 2.23.